The Hall–Kier alpha value is -0.920. The van der Waals surface area contributed by atoms with Crippen LogP contribution in [0.4, 0.5) is 0 Å². The van der Waals surface area contributed by atoms with Crippen LogP contribution >= 0.6 is 0 Å². The van der Waals surface area contributed by atoms with E-state index < -0.39 is 10.0 Å². The van der Waals surface area contributed by atoms with Crippen LogP contribution in [0.5, 0.6) is 0 Å². The number of nitrogens with one attached hydrogen (secondary N) is 2. The highest BCUT2D eigenvalue weighted by Gasteiger charge is 2.16. The molecule has 0 amide bonds. The maximum atomic E-state index is 11.6. The molecular formula is C8H16N4O2S. The topological polar surface area (TPSA) is 78.1 Å². The zero-order valence-electron chi connectivity index (χ0n) is 9.06. The van der Waals surface area contributed by atoms with Gasteiger partial charge in [0.15, 0.2) is 0 Å². The Morgan fingerprint density at radius 3 is 2.73 bits per heavy atom. The second kappa shape index (κ2) is 4.73. The first-order chi connectivity index (χ1) is 6.93. The van der Waals surface area contributed by atoms with Crippen LogP contribution in [0.25, 0.3) is 0 Å². The molecule has 0 aliphatic carbocycles. The van der Waals surface area contributed by atoms with Crippen molar-refractivity contribution in [3.63, 3.8) is 0 Å². The van der Waals surface area contributed by atoms with Crippen molar-refractivity contribution in [2.24, 2.45) is 0 Å². The Balaban J connectivity index is 2.59. The van der Waals surface area contributed by atoms with Gasteiger partial charge in [-0.15, -0.1) is 0 Å². The molecule has 15 heavy (non-hydrogen) atoms. The summed E-state index contributed by atoms with van der Waals surface area (Å²) in [5, 5.41) is 6.06. The number of sulfonamides is 1. The fourth-order valence-electron chi connectivity index (χ4n) is 0.882. The molecule has 2 N–H and O–H groups in total. The summed E-state index contributed by atoms with van der Waals surface area (Å²) in [5.41, 5.74) is 0. The van der Waals surface area contributed by atoms with E-state index in [4.69, 9.17) is 0 Å². The van der Waals surface area contributed by atoms with Gasteiger partial charge in [0, 0.05) is 18.8 Å². The minimum atomic E-state index is -3.42. The third-order valence-electron chi connectivity index (χ3n) is 2.23. The van der Waals surface area contributed by atoms with E-state index in [1.54, 1.807) is 0 Å². The number of likely N-dealkylation sites (N-methyl/N-ethyl adjacent to an activating group) is 1. The van der Waals surface area contributed by atoms with Gasteiger partial charge in [0.2, 0.25) is 10.0 Å². The molecule has 0 aliphatic rings. The van der Waals surface area contributed by atoms with Crippen molar-refractivity contribution in [1.82, 2.24) is 19.8 Å². The van der Waals surface area contributed by atoms with Crippen molar-refractivity contribution in [2.45, 2.75) is 17.9 Å². The summed E-state index contributed by atoms with van der Waals surface area (Å²) in [5.74, 6) is 0. The first-order valence-corrected chi connectivity index (χ1v) is 6.06. The summed E-state index contributed by atoms with van der Waals surface area (Å²) in [6, 6.07) is 0.145. The molecule has 86 valence electrons. The molecule has 0 saturated carbocycles. The Labute approximate surface area is 89.7 Å². The first-order valence-electron chi connectivity index (χ1n) is 4.58. The molecule has 1 atom stereocenters. The van der Waals surface area contributed by atoms with Crippen LogP contribution in [0.2, 0.25) is 0 Å². The van der Waals surface area contributed by atoms with E-state index in [-0.39, 0.29) is 10.9 Å². The molecule has 0 fully saturated rings. The van der Waals surface area contributed by atoms with Crippen LogP contribution in [0.15, 0.2) is 17.3 Å². The van der Waals surface area contributed by atoms with Crippen LogP contribution in [-0.4, -0.2) is 50.2 Å². The van der Waals surface area contributed by atoms with Gasteiger partial charge >= 0.3 is 0 Å². The van der Waals surface area contributed by atoms with Gasteiger partial charge in [-0.05, 0) is 21.0 Å². The van der Waals surface area contributed by atoms with Crippen LogP contribution in [0.3, 0.4) is 0 Å². The molecule has 1 aromatic rings. The molecule has 1 heterocycles. The van der Waals surface area contributed by atoms with Gasteiger partial charge in [-0.2, -0.15) is 5.10 Å². The molecule has 0 radical (unpaired) electrons. The monoisotopic (exact) mass is 232 g/mol. The van der Waals surface area contributed by atoms with Crippen molar-refractivity contribution >= 4 is 10.0 Å². The number of H-pyrrole nitrogens is 1. The molecule has 0 aliphatic heterocycles. The molecular weight excluding hydrogens is 216 g/mol. The molecule has 1 unspecified atom stereocenters. The Morgan fingerprint density at radius 2 is 2.27 bits per heavy atom. The molecule has 6 nitrogen and oxygen atoms in total. The lowest BCUT2D eigenvalue weighted by Crippen LogP contribution is -2.38. The van der Waals surface area contributed by atoms with E-state index >= 15 is 0 Å². The zero-order chi connectivity index (χ0) is 11.5. The highest BCUT2D eigenvalue weighted by Crippen LogP contribution is 2.04. The van der Waals surface area contributed by atoms with Gasteiger partial charge in [-0.25, -0.2) is 13.1 Å². The first kappa shape index (κ1) is 12.2. The largest absolute Gasteiger partial charge is 0.305 e. The molecule has 7 heteroatoms. The number of nitrogens with zero attached hydrogens (tertiary/aromatic N) is 2. The second-order valence-corrected chi connectivity index (χ2v) is 5.37. The summed E-state index contributed by atoms with van der Waals surface area (Å²) in [7, 11) is 0.383. The lowest BCUT2D eigenvalue weighted by atomic mass is 10.3. The molecule has 0 bridgehead atoms. The van der Waals surface area contributed by atoms with E-state index in [1.807, 2.05) is 25.9 Å². The predicted molar refractivity (Wildman–Crippen MR) is 56.9 cm³/mol. The smallest absolute Gasteiger partial charge is 0.243 e. The fraction of sp³-hybridized carbons (Fsp3) is 0.625. The highest BCUT2D eigenvalue weighted by atomic mass is 32.2. The quantitative estimate of drug-likeness (QED) is 0.726. The molecule has 1 rings (SSSR count). The lowest BCUT2D eigenvalue weighted by molar-refractivity contribution is 0.314. The fourth-order valence-corrected chi connectivity index (χ4v) is 1.91. The van der Waals surface area contributed by atoms with E-state index in [9.17, 15) is 8.42 Å². The summed E-state index contributed by atoms with van der Waals surface area (Å²) < 4.78 is 25.8. The normalized spacial score (nSPS) is 14.4. The molecule has 1 aromatic heterocycles. The van der Waals surface area contributed by atoms with Gasteiger partial charge in [0.05, 0.1) is 6.20 Å². The number of rotatable bonds is 5. The maximum absolute atomic E-state index is 11.6. The summed E-state index contributed by atoms with van der Waals surface area (Å²) in [4.78, 5) is 2.10. The molecule has 0 spiro atoms. The Kier molecular flexibility index (Phi) is 3.83. The Morgan fingerprint density at radius 1 is 1.60 bits per heavy atom. The van der Waals surface area contributed by atoms with Gasteiger partial charge in [0.25, 0.3) is 0 Å². The zero-order valence-corrected chi connectivity index (χ0v) is 9.87. The molecule has 0 saturated heterocycles. The van der Waals surface area contributed by atoms with Crippen LogP contribution in [-0.2, 0) is 10.0 Å². The van der Waals surface area contributed by atoms with Gasteiger partial charge in [-0.3, -0.25) is 5.10 Å². The lowest BCUT2D eigenvalue weighted by Gasteiger charge is -2.19. The van der Waals surface area contributed by atoms with Crippen molar-refractivity contribution in [3.05, 3.63) is 12.4 Å². The SMILES string of the molecule is CC(CNS(=O)(=O)c1cn[nH]c1)N(C)C. The Bertz CT molecular complexity index is 385. The van der Waals surface area contributed by atoms with E-state index in [2.05, 4.69) is 14.9 Å². The number of aromatic amines is 1. The average Bonchev–Trinajstić information content (AvgIpc) is 2.67. The van der Waals surface area contributed by atoms with Gasteiger partial charge < -0.3 is 4.90 Å². The predicted octanol–water partition coefficient (Wildman–Crippen LogP) is -0.362. The minimum Gasteiger partial charge on any atom is -0.305 e. The third-order valence-corrected chi connectivity index (χ3v) is 3.62. The van der Waals surface area contributed by atoms with Crippen molar-refractivity contribution in [3.8, 4) is 0 Å². The van der Waals surface area contributed by atoms with E-state index in [1.165, 1.54) is 12.4 Å². The number of hydrogen-bond donors (Lipinski definition) is 2. The van der Waals surface area contributed by atoms with Crippen LogP contribution in [0.1, 0.15) is 6.92 Å². The average molecular weight is 232 g/mol. The van der Waals surface area contributed by atoms with E-state index in [0.29, 0.717) is 6.54 Å². The number of aromatic nitrogens is 2. The summed E-state index contributed by atoms with van der Waals surface area (Å²) in [6.45, 7) is 2.32. The minimum absolute atomic E-state index is 0.145. The van der Waals surface area contributed by atoms with Crippen molar-refractivity contribution in [1.29, 1.82) is 0 Å². The third kappa shape index (κ3) is 3.29. The molecule has 0 aromatic carbocycles. The standard InChI is InChI=1S/C8H16N4O2S/c1-7(12(2)3)4-11-15(13,14)8-5-9-10-6-8/h5-7,11H,4H2,1-3H3,(H,9,10). The van der Waals surface area contributed by atoms with Crippen LogP contribution in [0, 0.1) is 0 Å². The number of hydrogen-bond acceptors (Lipinski definition) is 4. The highest BCUT2D eigenvalue weighted by molar-refractivity contribution is 7.89. The summed E-state index contributed by atoms with van der Waals surface area (Å²) >= 11 is 0. The van der Waals surface area contributed by atoms with Crippen molar-refractivity contribution < 1.29 is 8.42 Å². The van der Waals surface area contributed by atoms with Crippen LogP contribution < -0.4 is 4.72 Å². The van der Waals surface area contributed by atoms with Gasteiger partial charge in [0.1, 0.15) is 4.90 Å². The summed E-state index contributed by atoms with van der Waals surface area (Å²) in [6.07, 6.45) is 2.63. The van der Waals surface area contributed by atoms with Crippen molar-refractivity contribution in [2.75, 3.05) is 20.6 Å². The van der Waals surface area contributed by atoms with E-state index in [0.717, 1.165) is 0 Å². The maximum Gasteiger partial charge on any atom is 0.243 e. The second-order valence-electron chi connectivity index (χ2n) is 3.60. The van der Waals surface area contributed by atoms with Gasteiger partial charge in [-0.1, -0.05) is 0 Å².